The summed E-state index contributed by atoms with van der Waals surface area (Å²) in [7, 11) is 0. The first-order chi connectivity index (χ1) is 6.19. The molecule has 1 aromatic rings. The van der Waals surface area contributed by atoms with Gasteiger partial charge in [0.2, 0.25) is 0 Å². The SMILES string of the molecule is CSc1ccc(C#N)cc1[N+](=O)[O-]. The summed E-state index contributed by atoms with van der Waals surface area (Å²) < 4.78 is 0. The van der Waals surface area contributed by atoms with E-state index in [1.165, 1.54) is 17.8 Å². The summed E-state index contributed by atoms with van der Waals surface area (Å²) in [5.74, 6) is 0. The van der Waals surface area contributed by atoms with Crippen LogP contribution in [0.3, 0.4) is 0 Å². The van der Waals surface area contributed by atoms with Crippen molar-refractivity contribution in [1.82, 2.24) is 0 Å². The molecule has 5 heteroatoms. The number of nitro benzene ring substituents is 1. The molecule has 13 heavy (non-hydrogen) atoms. The van der Waals surface area contributed by atoms with Gasteiger partial charge in [-0.3, -0.25) is 10.1 Å². The molecule has 0 aromatic heterocycles. The van der Waals surface area contributed by atoms with Crippen molar-refractivity contribution in [2.45, 2.75) is 4.90 Å². The van der Waals surface area contributed by atoms with E-state index in [1.807, 2.05) is 6.07 Å². The monoisotopic (exact) mass is 194 g/mol. The third-order valence-corrected chi connectivity index (χ3v) is 2.29. The summed E-state index contributed by atoms with van der Waals surface area (Å²) in [6, 6.07) is 6.30. The molecule has 0 saturated carbocycles. The van der Waals surface area contributed by atoms with E-state index in [4.69, 9.17) is 5.26 Å². The molecule has 0 aliphatic rings. The van der Waals surface area contributed by atoms with E-state index in [1.54, 1.807) is 18.4 Å². The number of rotatable bonds is 2. The summed E-state index contributed by atoms with van der Waals surface area (Å²) in [5, 5.41) is 19.1. The molecule has 0 N–H and O–H groups in total. The first-order valence-corrected chi connectivity index (χ1v) is 4.64. The smallest absolute Gasteiger partial charge is 0.258 e. The minimum atomic E-state index is -0.479. The van der Waals surface area contributed by atoms with Gasteiger partial charge < -0.3 is 0 Å². The van der Waals surface area contributed by atoms with Gasteiger partial charge in [-0.05, 0) is 18.4 Å². The largest absolute Gasteiger partial charge is 0.284 e. The molecule has 66 valence electrons. The number of hydrogen-bond donors (Lipinski definition) is 0. The maximum Gasteiger partial charge on any atom is 0.284 e. The van der Waals surface area contributed by atoms with Gasteiger partial charge >= 0.3 is 0 Å². The number of nitriles is 1. The Balaban J connectivity index is 3.28. The number of thioether (sulfide) groups is 1. The van der Waals surface area contributed by atoms with E-state index in [2.05, 4.69) is 0 Å². The van der Waals surface area contributed by atoms with Gasteiger partial charge in [-0.15, -0.1) is 11.8 Å². The Morgan fingerprint density at radius 3 is 2.77 bits per heavy atom. The van der Waals surface area contributed by atoms with E-state index >= 15 is 0 Å². The van der Waals surface area contributed by atoms with Crippen LogP contribution in [0.4, 0.5) is 5.69 Å². The second-order valence-electron chi connectivity index (χ2n) is 2.26. The van der Waals surface area contributed by atoms with Crippen molar-refractivity contribution < 1.29 is 4.92 Å². The highest BCUT2D eigenvalue weighted by Gasteiger charge is 2.13. The third-order valence-electron chi connectivity index (χ3n) is 1.50. The molecule has 1 rings (SSSR count). The molecule has 0 atom stereocenters. The van der Waals surface area contributed by atoms with Crippen LogP contribution < -0.4 is 0 Å². The molecule has 0 radical (unpaired) electrons. The average Bonchev–Trinajstić information content (AvgIpc) is 2.16. The lowest BCUT2D eigenvalue weighted by atomic mass is 10.2. The maximum absolute atomic E-state index is 10.5. The average molecular weight is 194 g/mol. The third kappa shape index (κ3) is 1.98. The minimum absolute atomic E-state index is 0.00782. The van der Waals surface area contributed by atoms with Crippen molar-refractivity contribution in [3.05, 3.63) is 33.9 Å². The van der Waals surface area contributed by atoms with E-state index in [9.17, 15) is 10.1 Å². The molecule has 4 nitrogen and oxygen atoms in total. The van der Waals surface area contributed by atoms with E-state index in [0.29, 0.717) is 10.5 Å². The normalized spacial score (nSPS) is 9.23. The Morgan fingerprint density at radius 2 is 2.31 bits per heavy atom. The highest BCUT2D eigenvalue weighted by atomic mass is 32.2. The van der Waals surface area contributed by atoms with Gasteiger partial charge in [0.25, 0.3) is 5.69 Å². The molecule has 0 saturated heterocycles. The molecule has 0 aliphatic heterocycles. The van der Waals surface area contributed by atoms with Gasteiger partial charge in [-0.25, -0.2) is 0 Å². The highest BCUT2D eigenvalue weighted by molar-refractivity contribution is 7.98. The molecule has 1 aromatic carbocycles. The number of nitrogens with zero attached hydrogens (tertiary/aromatic N) is 2. The molecule has 0 amide bonds. The first-order valence-electron chi connectivity index (χ1n) is 3.41. The molecular formula is C8H6N2O2S. The van der Waals surface area contributed by atoms with E-state index < -0.39 is 4.92 Å². The van der Waals surface area contributed by atoms with Gasteiger partial charge in [-0.1, -0.05) is 0 Å². The van der Waals surface area contributed by atoms with Crippen molar-refractivity contribution in [2.75, 3.05) is 6.26 Å². The minimum Gasteiger partial charge on any atom is -0.258 e. The summed E-state index contributed by atoms with van der Waals surface area (Å²) in [6.45, 7) is 0. The maximum atomic E-state index is 10.5. The molecular weight excluding hydrogens is 188 g/mol. The van der Waals surface area contributed by atoms with Crippen LogP contribution >= 0.6 is 11.8 Å². The van der Waals surface area contributed by atoms with Crippen molar-refractivity contribution in [3.63, 3.8) is 0 Å². The second kappa shape index (κ2) is 3.92. The summed E-state index contributed by atoms with van der Waals surface area (Å²) >= 11 is 1.29. The Bertz CT molecular complexity index is 384. The predicted molar refractivity (Wildman–Crippen MR) is 49.6 cm³/mol. The lowest BCUT2D eigenvalue weighted by Crippen LogP contribution is -1.91. The van der Waals surface area contributed by atoms with Crippen LogP contribution in [-0.2, 0) is 0 Å². The molecule has 0 bridgehead atoms. The summed E-state index contributed by atoms with van der Waals surface area (Å²) in [6.07, 6.45) is 1.76. The van der Waals surface area contributed by atoms with Crippen LogP contribution in [0.15, 0.2) is 23.1 Å². The van der Waals surface area contributed by atoms with Crippen LogP contribution in [0.1, 0.15) is 5.56 Å². The second-order valence-corrected chi connectivity index (χ2v) is 3.10. The van der Waals surface area contributed by atoms with Gasteiger partial charge in [0.05, 0.1) is 21.5 Å². The predicted octanol–water partition coefficient (Wildman–Crippen LogP) is 2.19. The zero-order valence-electron chi connectivity index (χ0n) is 6.85. The van der Waals surface area contributed by atoms with Crippen molar-refractivity contribution in [2.24, 2.45) is 0 Å². The van der Waals surface area contributed by atoms with Crippen LogP contribution in [0, 0.1) is 21.4 Å². The molecule has 0 aliphatic carbocycles. The van der Waals surface area contributed by atoms with E-state index in [-0.39, 0.29) is 5.69 Å². The Labute approximate surface area is 79.3 Å². The van der Waals surface area contributed by atoms with Gasteiger partial charge in [0, 0.05) is 6.07 Å². The number of hydrogen-bond acceptors (Lipinski definition) is 4. The topological polar surface area (TPSA) is 66.9 Å². The lowest BCUT2D eigenvalue weighted by molar-refractivity contribution is -0.387. The summed E-state index contributed by atoms with van der Waals surface area (Å²) in [5.41, 5.74) is 0.302. The Kier molecular flexibility index (Phi) is 2.88. The van der Waals surface area contributed by atoms with Gasteiger partial charge in [-0.2, -0.15) is 5.26 Å². The van der Waals surface area contributed by atoms with Crippen molar-refractivity contribution >= 4 is 17.4 Å². The fraction of sp³-hybridized carbons (Fsp3) is 0.125. The van der Waals surface area contributed by atoms with Crippen molar-refractivity contribution in [1.29, 1.82) is 5.26 Å². The first kappa shape index (κ1) is 9.55. The van der Waals surface area contributed by atoms with Crippen molar-refractivity contribution in [3.8, 4) is 6.07 Å². The zero-order chi connectivity index (χ0) is 9.84. The quantitative estimate of drug-likeness (QED) is 0.411. The highest BCUT2D eigenvalue weighted by Crippen LogP contribution is 2.27. The fourth-order valence-corrected chi connectivity index (χ4v) is 1.45. The molecule has 0 heterocycles. The summed E-state index contributed by atoms with van der Waals surface area (Å²) in [4.78, 5) is 10.6. The van der Waals surface area contributed by atoms with Crippen LogP contribution in [0.25, 0.3) is 0 Å². The number of benzene rings is 1. The molecule has 0 fully saturated rings. The Morgan fingerprint density at radius 1 is 1.62 bits per heavy atom. The zero-order valence-corrected chi connectivity index (χ0v) is 7.67. The fourth-order valence-electron chi connectivity index (χ4n) is 0.902. The van der Waals surface area contributed by atoms with Crippen LogP contribution in [0.5, 0.6) is 0 Å². The van der Waals surface area contributed by atoms with Crippen LogP contribution in [-0.4, -0.2) is 11.2 Å². The molecule has 0 unspecified atom stereocenters. The van der Waals surface area contributed by atoms with E-state index in [0.717, 1.165) is 0 Å². The van der Waals surface area contributed by atoms with Crippen LogP contribution in [0.2, 0.25) is 0 Å². The molecule has 0 spiro atoms. The Hall–Kier alpha value is -1.54. The van der Waals surface area contributed by atoms with Gasteiger partial charge in [0.1, 0.15) is 0 Å². The standard InChI is InChI=1S/C8H6N2O2S/c1-13-8-3-2-6(5-9)4-7(8)10(11)12/h2-4H,1H3. The van der Waals surface area contributed by atoms with Gasteiger partial charge in [0.15, 0.2) is 0 Å². The lowest BCUT2D eigenvalue weighted by Gasteiger charge is -1.98. The number of nitro groups is 1.